The van der Waals surface area contributed by atoms with Crippen LogP contribution < -0.4 is 5.32 Å². The predicted octanol–water partition coefficient (Wildman–Crippen LogP) is 1.27. The molecule has 82 valence electrons. The van der Waals surface area contributed by atoms with Crippen LogP contribution in [0.1, 0.15) is 37.5 Å². The average Bonchev–Trinajstić information content (AvgIpc) is 2.97. The monoisotopic (exact) mass is 207 g/mol. The molecule has 1 saturated carbocycles. The number of morpholine rings is 1. The summed E-state index contributed by atoms with van der Waals surface area (Å²) in [5, 5.41) is 7.76. The SMILES string of the molecule is CC1CNC[C@@H](c2cnn(C3CC3)c2)O1. The maximum Gasteiger partial charge on any atom is 0.0983 e. The molecule has 2 heterocycles. The first-order valence-electron chi connectivity index (χ1n) is 5.73. The van der Waals surface area contributed by atoms with E-state index in [2.05, 4.69) is 28.2 Å². The van der Waals surface area contributed by atoms with Gasteiger partial charge in [-0.3, -0.25) is 4.68 Å². The van der Waals surface area contributed by atoms with Crippen LogP contribution in [0.4, 0.5) is 0 Å². The Balaban J connectivity index is 1.73. The van der Waals surface area contributed by atoms with Gasteiger partial charge in [-0.25, -0.2) is 0 Å². The van der Waals surface area contributed by atoms with E-state index in [-0.39, 0.29) is 6.10 Å². The van der Waals surface area contributed by atoms with Crippen molar-refractivity contribution in [2.24, 2.45) is 0 Å². The summed E-state index contributed by atoms with van der Waals surface area (Å²) in [4.78, 5) is 0. The quantitative estimate of drug-likeness (QED) is 0.793. The second-order valence-electron chi connectivity index (χ2n) is 4.58. The maximum atomic E-state index is 5.87. The van der Waals surface area contributed by atoms with Gasteiger partial charge in [-0.1, -0.05) is 0 Å². The van der Waals surface area contributed by atoms with Crippen molar-refractivity contribution < 1.29 is 4.74 Å². The molecule has 1 aliphatic heterocycles. The van der Waals surface area contributed by atoms with Gasteiger partial charge in [0.05, 0.1) is 24.4 Å². The Bertz CT molecular complexity index is 345. The molecular weight excluding hydrogens is 190 g/mol. The third-order valence-corrected chi connectivity index (χ3v) is 3.07. The van der Waals surface area contributed by atoms with Crippen LogP contribution in [0.2, 0.25) is 0 Å². The molecule has 15 heavy (non-hydrogen) atoms. The zero-order chi connectivity index (χ0) is 10.3. The van der Waals surface area contributed by atoms with Crippen LogP contribution in [-0.2, 0) is 4.74 Å². The van der Waals surface area contributed by atoms with Gasteiger partial charge in [-0.2, -0.15) is 5.10 Å². The van der Waals surface area contributed by atoms with E-state index >= 15 is 0 Å². The van der Waals surface area contributed by atoms with Crippen molar-refractivity contribution in [3.05, 3.63) is 18.0 Å². The van der Waals surface area contributed by atoms with Crippen molar-refractivity contribution in [3.8, 4) is 0 Å². The number of nitrogens with one attached hydrogen (secondary N) is 1. The van der Waals surface area contributed by atoms with Crippen molar-refractivity contribution in [1.82, 2.24) is 15.1 Å². The highest BCUT2D eigenvalue weighted by atomic mass is 16.5. The van der Waals surface area contributed by atoms with Gasteiger partial charge in [0.25, 0.3) is 0 Å². The van der Waals surface area contributed by atoms with Crippen LogP contribution in [0.15, 0.2) is 12.4 Å². The van der Waals surface area contributed by atoms with Gasteiger partial charge >= 0.3 is 0 Å². The molecule has 1 aromatic heterocycles. The minimum absolute atomic E-state index is 0.182. The molecule has 2 aliphatic rings. The van der Waals surface area contributed by atoms with E-state index in [1.807, 2.05) is 6.20 Å². The highest BCUT2D eigenvalue weighted by Gasteiger charge is 2.27. The van der Waals surface area contributed by atoms with Gasteiger partial charge in [-0.15, -0.1) is 0 Å². The third kappa shape index (κ3) is 1.92. The number of nitrogens with zero attached hydrogens (tertiary/aromatic N) is 2. The Morgan fingerprint density at radius 2 is 2.33 bits per heavy atom. The Kier molecular flexibility index (Phi) is 2.25. The topological polar surface area (TPSA) is 39.1 Å². The standard InChI is InChI=1S/C11H17N3O/c1-8-4-12-6-11(15-8)9-5-13-14(7-9)10-2-3-10/h5,7-8,10-12H,2-4,6H2,1H3/t8?,11-/m0/s1. The summed E-state index contributed by atoms with van der Waals surface area (Å²) in [6.45, 7) is 3.96. The van der Waals surface area contributed by atoms with E-state index in [0.29, 0.717) is 12.1 Å². The van der Waals surface area contributed by atoms with Crippen LogP contribution in [0.3, 0.4) is 0 Å². The number of hydrogen-bond donors (Lipinski definition) is 1. The molecule has 3 rings (SSSR count). The largest absolute Gasteiger partial charge is 0.368 e. The lowest BCUT2D eigenvalue weighted by Gasteiger charge is -2.27. The molecule has 1 saturated heterocycles. The van der Waals surface area contributed by atoms with Crippen molar-refractivity contribution in [2.75, 3.05) is 13.1 Å². The normalized spacial score (nSPS) is 31.8. The van der Waals surface area contributed by atoms with Crippen molar-refractivity contribution in [1.29, 1.82) is 0 Å². The van der Waals surface area contributed by atoms with Crippen LogP contribution in [0.5, 0.6) is 0 Å². The lowest BCUT2D eigenvalue weighted by Crippen LogP contribution is -2.38. The van der Waals surface area contributed by atoms with Gasteiger partial charge in [0.1, 0.15) is 0 Å². The highest BCUT2D eigenvalue weighted by molar-refractivity contribution is 5.11. The first-order chi connectivity index (χ1) is 7.33. The second kappa shape index (κ2) is 3.61. The minimum atomic E-state index is 0.182. The van der Waals surface area contributed by atoms with Gasteiger partial charge in [-0.05, 0) is 19.8 Å². The molecule has 0 radical (unpaired) electrons. The van der Waals surface area contributed by atoms with Gasteiger partial charge < -0.3 is 10.1 Å². The molecule has 2 fully saturated rings. The first-order valence-corrected chi connectivity index (χ1v) is 5.73. The lowest BCUT2D eigenvalue weighted by atomic mass is 10.1. The lowest BCUT2D eigenvalue weighted by molar-refractivity contribution is -0.0287. The van der Waals surface area contributed by atoms with Crippen molar-refractivity contribution >= 4 is 0 Å². The molecular formula is C11H17N3O. The number of ether oxygens (including phenoxy) is 1. The maximum absolute atomic E-state index is 5.87. The summed E-state index contributed by atoms with van der Waals surface area (Å²) < 4.78 is 7.95. The molecule has 0 amide bonds. The van der Waals surface area contributed by atoms with Gasteiger partial charge in [0.2, 0.25) is 0 Å². The van der Waals surface area contributed by atoms with Gasteiger partial charge in [0.15, 0.2) is 0 Å². The molecule has 0 spiro atoms. The highest BCUT2D eigenvalue weighted by Crippen LogP contribution is 2.35. The number of rotatable bonds is 2. The van der Waals surface area contributed by atoms with E-state index in [9.17, 15) is 0 Å². The van der Waals surface area contributed by atoms with E-state index in [1.165, 1.54) is 18.4 Å². The smallest absolute Gasteiger partial charge is 0.0983 e. The third-order valence-electron chi connectivity index (χ3n) is 3.07. The number of aromatic nitrogens is 2. The molecule has 0 bridgehead atoms. The Morgan fingerprint density at radius 1 is 1.47 bits per heavy atom. The predicted molar refractivity (Wildman–Crippen MR) is 56.7 cm³/mol. The molecule has 2 atom stereocenters. The fourth-order valence-corrected chi connectivity index (χ4v) is 2.05. The molecule has 1 aromatic rings. The van der Waals surface area contributed by atoms with Crippen LogP contribution >= 0.6 is 0 Å². The van der Waals surface area contributed by atoms with E-state index in [1.54, 1.807) is 0 Å². The zero-order valence-electron chi connectivity index (χ0n) is 9.02. The van der Waals surface area contributed by atoms with Crippen molar-refractivity contribution in [2.45, 2.75) is 38.0 Å². The second-order valence-corrected chi connectivity index (χ2v) is 4.58. The molecule has 1 aliphatic carbocycles. The summed E-state index contributed by atoms with van der Waals surface area (Å²) in [5.74, 6) is 0. The Hall–Kier alpha value is -0.870. The summed E-state index contributed by atoms with van der Waals surface area (Å²) in [5.41, 5.74) is 1.21. The minimum Gasteiger partial charge on any atom is -0.368 e. The molecule has 4 heteroatoms. The van der Waals surface area contributed by atoms with Gasteiger partial charge in [0, 0.05) is 24.8 Å². The van der Waals surface area contributed by atoms with E-state index < -0.39 is 0 Å². The zero-order valence-corrected chi connectivity index (χ0v) is 9.02. The first kappa shape index (κ1) is 9.36. The molecule has 0 aromatic carbocycles. The summed E-state index contributed by atoms with van der Waals surface area (Å²) in [6.07, 6.45) is 7.13. The Morgan fingerprint density at radius 3 is 3.07 bits per heavy atom. The van der Waals surface area contributed by atoms with Crippen LogP contribution in [0.25, 0.3) is 0 Å². The average molecular weight is 207 g/mol. The van der Waals surface area contributed by atoms with E-state index in [0.717, 1.165) is 13.1 Å². The summed E-state index contributed by atoms with van der Waals surface area (Å²) in [6, 6.07) is 0.660. The molecule has 1 unspecified atom stereocenters. The van der Waals surface area contributed by atoms with Crippen LogP contribution in [-0.4, -0.2) is 29.0 Å². The van der Waals surface area contributed by atoms with Crippen molar-refractivity contribution in [3.63, 3.8) is 0 Å². The van der Waals surface area contributed by atoms with E-state index in [4.69, 9.17) is 4.74 Å². The number of hydrogen-bond acceptors (Lipinski definition) is 3. The molecule has 1 N–H and O–H groups in total. The summed E-state index contributed by atoms with van der Waals surface area (Å²) in [7, 11) is 0. The fourth-order valence-electron chi connectivity index (χ4n) is 2.05. The summed E-state index contributed by atoms with van der Waals surface area (Å²) >= 11 is 0. The van der Waals surface area contributed by atoms with Crippen LogP contribution in [0, 0.1) is 0 Å². The molecule has 4 nitrogen and oxygen atoms in total. The fraction of sp³-hybridized carbons (Fsp3) is 0.727. The Labute approximate surface area is 89.6 Å².